The van der Waals surface area contributed by atoms with Crippen molar-refractivity contribution in [2.45, 2.75) is 45.7 Å². The normalized spacial score (nSPS) is 14.2. The molecule has 2 aromatic heterocycles. The van der Waals surface area contributed by atoms with E-state index in [1.807, 2.05) is 35.2 Å². The van der Waals surface area contributed by atoms with Crippen LogP contribution in [0.4, 0.5) is 5.82 Å². The quantitative estimate of drug-likeness (QED) is 0.717. The molecule has 3 aromatic rings. The van der Waals surface area contributed by atoms with Gasteiger partial charge in [0, 0.05) is 23.2 Å². The van der Waals surface area contributed by atoms with E-state index in [0.717, 1.165) is 35.4 Å². The number of nitrogens with zero attached hydrogens (tertiary/aromatic N) is 4. The second-order valence-corrected chi connectivity index (χ2v) is 6.87. The molecule has 1 N–H and O–H groups in total. The zero-order valence-electron chi connectivity index (χ0n) is 14.7. The van der Waals surface area contributed by atoms with Crippen molar-refractivity contribution in [1.29, 1.82) is 0 Å². The number of carbonyl (C=O) groups is 1. The summed E-state index contributed by atoms with van der Waals surface area (Å²) in [5.41, 5.74) is 3.11. The number of ketones is 1. The summed E-state index contributed by atoms with van der Waals surface area (Å²) in [5, 5.41) is 3.46. The van der Waals surface area contributed by atoms with E-state index in [9.17, 15) is 4.79 Å². The Kier molecular flexibility index (Phi) is 3.75. The van der Waals surface area contributed by atoms with Gasteiger partial charge in [-0.1, -0.05) is 18.2 Å². The highest BCUT2D eigenvalue weighted by atomic mass is 16.1. The van der Waals surface area contributed by atoms with Gasteiger partial charge in [0.05, 0.1) is 6.33 Å². The van der Waals surface area contributed by atoms with Gasteiger partial charge in [-0.25, -0.2) is 15.0 Å². The number of imidazole rings is 1. The van der Waals surface area contributed by atoms with Gasteiger partial charge in [0.2, 0.25) is 0 Å². The van der Waals surface area contributed by atoms with Gasteiger partial charge in [-0.15, -0.1) is 0 Å². The summed E-state index contributed by atoms with van der Waals surface area (Å²) < 4.78 is 2.05. The molecule has 1 fully saturated rings. The molecule has 0 radical (unpaired) electrons. The van der Waals surface area contributed by atoms with Crippen LogP contribution < -0.4 is 5.32 Å². The van der Waals surface area contributed by atoms with E-state index in [2.05, 4.69) is 24.1 Å². The molecule has 0 spiro atoms. The van der Waals surface area contributed by atoms with Crippen LogP contribution in [0.1, 0.15) is 50.0 Å². The maximum atomic E-state index is 11.7. The number of benzene rings is 1. The lowest BCUT2D eigenvalue weighted by Gasteiger charge is -2.11. The van der Waals surface area contributed by atoms with Crippen molar-refractivity contribution in [2.75, 3.05) is 5.32 Å². The minimum absolute atomic E-state index is 0.0338. The molecule has 25 heavy (non-hydrogen) atoms. The van der Waals surface area contributed by atoms with Gasteiger partial charge in [-0.3, -0.25) is 4.79 Å². The molecule has 128 valence electrons. The lowest BCUT2D eigenvalue weighted by atomic mass is 10.1. The number of Topliss-reactive ketones (excluding diaryl/α,β-unsaturated/α-hetero) is 1. The number of anilines is 1. The first-order chi connectivity index (χ1) is 12.0. The molecule has 1 aliphatic carbocycles. The van der Waals surface area contributed by atoms with Crippen LogP contribution in [0, 0.1) is 0 Å². The van der Waals surface area contributed by atoms with Gasteiger partial charge in [0.1, 0.15) is 5.52 Å². The van der Waals surface area contributed by atoms with E-state index in [0.29, 0.717) is 17.4 Å². The van der Waals surface area contributed by atoms with Gasteiger partial charge in [0.15, 0.2) is 23.1 Å². The molecule has 6 nitrogen and oxygen atoms in total. The Labute approximate surface area is 146 Å². The lowest BCUT2D eigenvalue weighted by Crippen LogP contribution is -2.07. The van der Waals surface area contributed by atoms with Gasteiger partial charge in [-0.05, 0) is 39.7 Å². The zero-order chi connectivity index (χ0) is 17.6. The van der Waals surface area contributed by atoms with Gasteiger partial charge < -0.3 is 9.88 Å². The van der Waals surface area contributed by atoms with Crippen molar-refractivity contribution in [3.63, 3.8) is 0 Å². The van der Waals surface area contributed by atoms with Gasteiger partial charge in [-0.2, -0.15) is 0 Å². The number of fused-ring (bicyclic) bond motifs is 1. The molecular formula is C19H21N5O. The molecule has 1 aliphatic rings. The van der Waals surface area contributed by atoms with E-state index < -0.39 is 0 Å². The first-order valence-corrected chi connectivity index (χ1v) is 8.65. The molecule has 4 rings (SSSR count). The number of carbonyl (C=O) groups excluding carboxylic acids is 1. The highest BCUT2D eigenvalue weighted by molar-refractivity contribution is 5.95. The van der Waals surface area contributed by atoms with Crippen LogP contribution in [0.5, 0.6) is 0 Å². The Bertz CT molecular complexity index is 956. The molecule has 6 heteroatoms. The van der Waals surface area contributed by atoms with Crippen molar-refractivity contribution >= 4 is 22.8 Å². The number of rotatable bonds is 5. The molecule has 0 amide bonds. The molecule has 1 saturated carbocycles. The Morgan fingerprint density at radius 2 is 2.08 bits per heavy atom. The third-order valence-electron chi connectivity index (χ3n) is 4.42. The predicted octanol–water partition coefficient (Wildman–Crippen LogP) is 3.85. The molecule has 0 aliphatic heterocycles. The van der Waals surface area contributed by atoms with E-state index in [1.165, 1.54) is 0 Å². The van der Waals surface area contributed by atoms with Crippen LogP contribution in [0.3, 0.4) is 0 Å². The third kappa shape index (κ3) is 2.99. The summed E-state index contributed by atoms with van der Waals surface area (Å²) >= 11 is 0. The van der Waals surface area contributed by atoms with Crippen LogP contribution in [0.25, 0.3) is 22.6 Å². The molecule has 0 atom stereocenters. The average Bonchev–Trinajstić information content (AvgIpc) is 3.30. The Morgan fingerprint density at radius 3 is 2.76 bits per heavy atom. The van der Waals surface area contributed by atoms with Crippen molar-refractivity contribution in [1.82, 2.24) is 19.5 Å². The average molecular weight is 335 g/mol. The van der Waals surface area contributed by atoms with Crippen molar-refractivity contribution in [3.8, 4) is 11.4 Å². The minimum Gasteiger partial charge on any atom is -0.365 e. The Hall–Kier alpha value is -2.76. The largest absolute Gasteiger partial charge is 0.365 e. The fraction of sp³-hybridized carbons (Fsp3) is 0.368. The summed E-state index contributed by atoms with van der Waals surface area (Å²) in [6, 6.07) is 8.19. The van der Waals surface area contributed by atoms with Crippen LogP contribution in [0.15, 0.2) is 30.6 Å². The molecule has 0 saturated heterocycles. The summed E-state index contributed by atoms with van der Waals surface area (Å²) in [4.78, 5) is 25.7. The summed E-state index contributed by atoms with van der Waals surface area (Å²) in [7, 11) is 0. The summed E-state index contributed by atoms with van der Waals surface area (Å²) in [6.45, 7) is 5.78. The van der Waals surface area contributed by atoms with Crippen molar-refractivity contribution < 1.29 is 4.79 Å². The van der Waals surface area contributed by atoms with E-state index in [-0.39, 0.29) is 11.8 Å². The molecule has 2 heterocycles. The molecular weight excluding hydrogens is 314 g/mol. The van der Waals surface area contributed by atoms with Gasteiger partial charge in [0.25, 0.3) is 0 Å². The second-order valence-electron chi connectivity index (χ2n) is 6.87. The fourth-order valence-electron chi connectivity index (χ4n) is 2.82. The summed E-state index contributed by atoms with van der Waals surface area (Å²) in [6.07, 6.45) is 4.13. The number of hydrogen-bond acceptors (Lipinski definition) is 5. The van der Waals surface area contributed by atoms with E-state index in [1.54, 1.807) is 6.92 Å². The van der Waals surface area contributed by atoms with Crippen molar-refractivity contribution in [2.24, 2.45) is 0 Å². The smallest absolute Gasteiger partial charge is 0.166 e. The first kappa shape index (κ1) is 15.7. The molecule has 0 bridgehead atoms. The fourth-order valence-corrected chi connectivity index (χ4v) is 2.82. The molecule has 0 unspecified atom stereocenters. The van der Waals surface area contributed by atoms with Crippen LogP contribution in [-0.2, 0) is 0 Å². The summed E-state index contributed by atoms with van der Waals surface area (Å²) in [5.74, 6) is 1.42. The monoisotopic (exact) mass is 335 g/mol. The number of nitrogens with one attached hydrogen (secondary N) is 1. The Balaban J connectivity index is 1.89. The van der Waals surface area contributed by atoms with E-state index in [4.69, 9.17) is 9.97 Å². The topological polar surface area (TPSA) is 72.7 Å². The van der Waals surface area contributed by atoms with E-state index >= 15 is 0 Å². The van der Waals surface area contributed by atoms with Crippen molar-refractivity contribution in [3.05, 3.63) is 36.2 Å². The maximum absolute atomic E-state index is 11.7. The predicted molar refractivity (Wildman–Crippen MR) is 97.8 cm³/mol. The van der Waals surface area contributed by atoms with Gasteiger partial charge >= 0.3 is 0 Å². The number of aromatic nitrogens is 4. The maximum Gasteiger partial charge on any atom is 0.166 e. The van der Waals surface area contributed by atoms with Crippen LogP contribution in [0.2, 0.25) is 0 Å². The second kappa shape index (κ2) is 5.95. The van der Waals surface area contributed by atoms with Crippen LogP contribution in [-0.4, -0.2) is 31.3 Å². The van der Waals surface area contributed by atoms with Crippen LogP contribution >= 0.6 is 0 Å². The highest BCUT2D eigenvalue weighted by Crippen LogP contribution is 2.30. The highest BCUT2D eigenvalue weighted by Gasteiger charge is 2.24. The zero-order valence-corrected chi connectivity index (χ0v) is 14.7. The lowest BCUT2D eigenvalue weighted by molar-refractivity contribution is 0.101. The molecule has 1 aromatic carbocycles. The SMILES string of the molecule is CC(=O)c1cccc(-c2nc(NC3CC3)c3ncn(C(C)C)c3n2)c1. The number of hydrogen-bond donors (Lipinski definition) is 1. The Morgan fingerprint density at radius 1 is 1.28 bits per heavy atom. The first-order valence-electron chi connectivity index (χ1n) is 8.65. The minimum atomic E-state index is 0.0338. The third-order valence-corrected chi connectivity index (χ3v) is 4.42. The standard InChI is InChI=1S/C19H21N5O/c1-11(2)24-10-20-16-18(21-15-7-8-15)22-17(23-19(16)24)14-6-4-5-13(9-14)12(3)25/h4-6,9-11,15H,7-8H2,1-3H3,(H,21,22,23).